The number of carbonyl (C=O) groups is 2. The molecular weight excluding hydrogens is 358 g/mol. The molecule has 0 aliphatic heterocycles. The summed E-state index contributed by atoms with van der Waals surface area (Å²) in [5.41, 5.74) is 3.52. The van der Waals surface area contributed by atoms with Crippen LogP contribution in [-0.2, 0) is 16.1 Å². The highest BCUT2D eigenvalue weighted by atomic mass is 35.5. The van der Waals surface area contributed by atoms with Crippen LogP contribution in [-0.4, -0.2) is 32.2 Å². The van der Waals surface area contributed by atoms with E-state index in [1.165, 1.54) is 20.4 Å². The molecule has 0 bridgehead atoms. The summed E-state index contributed by atoms with van der Waals surface area (Å²) >= 11 is 5.79. The zero-order valence-electron chi connectivity index (χ0n) is 14.3. The highest BCUT2D eigenvalue weighted by Crippen LogP contribution is 2.25. The van der Waals surface area contributed by atoms with Crippen LogP contribution in [0.2, 0.25) is 5.02 Å². The first kappa shape index (κ1) is 19.3. The molecule has 0 aliphatic rings. The van der Waals surface area contributed by atoms with E-state index in [0.29, 0.717) is 22.1 Å². The van der Waals surface area contributed by atoms with E-state index in [4.69, 9.17) is 21.1 Å². The van der Waals surface area contributed by atoms with Gasteiger partial charge in [-0.1, -0.05) is 29.8 Å². The summed E-state index contributed by atoms with van der Waals surface area (Å²) < 4.78 is 10.4. The van der Waals surface area contributed by atoms with E-state index in [9.17, 15) is 9.59 Å². The van der Waals surface area contributed by atoms with Gasteiger partial charge in [0.15, 0.2) is 0 Å². The van der Waals surface area contributed by atoms with Crippen molar-refractivity contribution in [2.24, 2.45) is 5.10 Å². The first-order chi connectivity index (χ1) is 12.5. The first-order valence-corrected chi connectivity index (χ1v) is 7.99. The quantitative estimate of drug-likeness (QED) is 0.460. The number of hydrazone groups is 1. The van der Waals surface area contributed by atoms with Crippen molar-refractivity contribution in [1.29, 1.82) is 0 Å². The molecule has 7 nitrogen and oxygen atoms in total. The number of halogens is 1. The van der Waals surface area contributed by atoms with Gasteiger partial charge in [0.05, 0.1) is 26.0 Å². The standard InChI is InChI=1S/C18H18ClN3O4/c1-25-15-4-3-5-16(26-2)14(15)11-21-22-18(24)17(23)20-10-12-6-8-13(19)9-7-12/h3-9,11H,10H2,1-2H3,(H,20,23)(H,22,24)/b21-11-. The number of hydrogen-bond donors (Lipinski definition) is 2. The monoisotopic (exact) mass is 375 g/mol. The molecule has 2 amide bonds. The summed E-state index contributed by atoms with van der Waals surface area (Å²) in [6.45, 7) is 0.202. The third kappa shape index (κ3) is 5.22. The van der Waals surface area contributed by atoms with Crippen LogP contribution in [0.15, 0.2) is 47.6 Å². The van der Waals surface area contributed by atoms with Gasteiger partial charge in [0.1, 0.15) is 11.5 Å². The van der Waals surface area contributed by atoms with Crippen molar-refractivity contribution in [3.8, 4) is 11.5 Å². The third-order valence-corrected chi connectivity index (χ3v) is 3.65. The van der Waals surface area contributed by atoms with Crippen LogP contribution in [0.4, 0.5) is 0 Å². The second kappa shape index (κ2) is 9.43. The van der Waals surface area contributed by atoms with Crippen LogP contribution in [0.5, 0.6) is 11.5 Å². The lowest BCUT2D eigenvalue weighted by Gasteiger charge is -2.09. The number of methoxy groups -OCH3 is 2. The van der Waals surface area contributed by atoms with E-state index in [1.807, 2.05) is 0 Å². The Morgan fingerprint density at radius 1 is 1.04 bits per heavy atom. The lowest BCUT2D eigenvalue weighted by atomic mass is 10.2. The van der Waals surface area contributed by atoms with Crippen LogP contribution in [0.25, 0.3) is 0 Å². The fourth-order valence-electron chi connectivity index (χ4n) is 2.08. The predicted octanol–water partition coefficient (Wildman–Crippen LogP) is 2.12. The summed E-state index contributed by atoms with van der Waals surface area (Å²) in [7, 11) is 3.02. The number of rotatable bonds is 6. The minimum atomic E-state index is -0.885. The second-order valence-electron chi connectivity index (χ2n) is 5.08. The van der Waals surface area contributed by atoms with Crippen LogP contribution in [0, 0.1) is 0 Å². The minimum Gasteiger partial charge on any atom is -0.496 e. The smallest absolute Gasteiger partial charge is 0.329 e. The highest BCUT2D eigenvalue weighted by Gasteiger charge is 2.12. The molecule has 0 saturated heterocycles. The zero-order chi connectivity index (χ0) is 18.9. The molecule has 0 spiro atoms. The van der Waals surface area contributed by atoms with E-state index >= 15 is 0 Å². The van der Waals surface area contributed by atoms with Crippen molar-refractivity contribution >= 4 is 29.6 Å². The van der Waals surface area contributed by atoms with Crippen LogP contribution in [0.3, 0.4) is 0 Å². The van der Waals surface area contributed by atoms with Crippen molar-refractivity contribution in [3.63, 3.8) is 0 Å². The average molecular weight is 376 g/mol. The summed E-state index contributed by atoms with van der Waals surface area (Å²) in [4.78, 5) is 23.6. The first-order valence-electron chi connectivity index (χ1n) is 7.61. The van der Waals surface area contributed by atoms with E-state index in [2.05, 4.69) is 15.8 Å². The number of nitrogens with one attached hydrogen (secondary N) is 2. The molecule has 0 atom stereocenters. The molecule has 136 valence electrons. The maximum Gasteiger partial charge on any atom is 0.329 e. The summed E-state index contributed by atoms with van der Waals surface area (Å²) in [5.74, 6) is -0.641. The summed E-state index contributed by atoms with van der Waals surface area (Å²) in [6.07, 6.45) is 1.35. The fraction of sp³-hybridized carbons (Fsp3) is 0.167. The maximum atomic E-state index is 11.8. The number of carbonyl (C=O) groups excluding carboxylic acids is 2. The van der Waals surface area contributed by atoms with Gasteiger partial charge in [-0.3, -0.25) is 9.59 Å². The van der Waals surface area contributed by atoms with Crippen LogP contribution < -0.4 is 20.2 Å². The molecule has 0 aromatic heterocycles. The topological polar surface area (TPSA) is 89.0 Å². The van der Waals surface area contributed by atoms with Gasteiger partial charge in [0.25, 0.3) is 0 Å². The van der Waals surface area contributed by atoms with Gasteiger partial charge in [-0.05, 0) is 29.8 Å². The summed E-state index contributed by atoms with van der Waals surface area (Å²) in [5, 5.41) is 6.87. The number of hydrogen-bond acceptors (Lipinski definition) is 5. The molecular formula is C18H18ClN3O4. The van der Waals surface area contributed by atoms with Gasteiger partial charge in [0.2, 0.25) is 0 Å². The Morgan fingerprint density at radius 3 is 2.23 bits per heavy atom. The largest absolute Gasteiger partial charge is 0.496 e. The SMILES string of the molecule is COc1cccc(OC)c1/C=N\NC(=O)C(=O)NCc1ccc(Cl)cc1. The molecule has 2 rings (SSSR count). The maximum absolute atomic E-state index is 11.8. The molecule has 8 heteroatoms. The van der Waals surface area contributed by atoms with Gasteiger partial charge in [-0.15, -0.1) is 0 Å². The second-order valence-corrected chi connectivity index (χ2v) is 5.52. The molecule has 0 unspecified atom stereocenters. The lowest BCUT2D eigenvalue weighted by Crippen LogP contribution is -2.37. The molecule has 2 aromatic carbocycles. The van der Waals surface area contributed by atoms with Crippen LogP contribution >= 0.6 is 11.6 Å². The van der Waals surface area contributed by atoms with E-state index < -0.39 is 11.8 Å². The zero-order valence-corrected chi connectivity index (χ0v) is 15.0. The molecule has 2 aromatic rings. The Labute approximate surface area is 155 Å². The predicted molar refractivity (Wildman–Crippen MR) is 98.6 cm³/mol. The average Bonchev–Trinajstić information content (AvgIpc) is 2.67. The van der Waals surface area contributed by atoms with Gasteiger partial charge in [0, 0.05) is 11.6 Å². The molecule has 26 heavy (non-hydrogen) atoms. The van der Waals surface area contributed by atoms with E-state index in [1.54, 1.807) is 42.5 Å². The Bertz CT molecular complexity index is 784. The van der Waals surface area contributed by atoms with Crippen molar-refractivity contribution in [2.75, 3.05) is 14.2 Å². The number of benzene rings is 2. The fourth-order valence-corrected chi connectivity index (χ4v) is 2.20. The number of ether oxygens (including phenoxy) is 2. The van der Waals surface area contributed by atoms with Crippen molar-refractivity contribution < 1.29 is 19.1 Å². The van der Waals surface area contributed by atoms with Crippen molar-refractivity contribution in [3.05, 3.63) is 58.6 Å². The Morgan fingerprint density at radius 2 is 1.65 bits per heavy atom. The molecule has 0 radical (unpaired) electrons. The minimum absolute atomic E-state index is 0.202. The van der Waals surface area contributed by atoms with Crippen LogP contribution in [0.1, 0.15) is 11.1 Å². The molecule has 0 fully saturated rings. The number of amides is 2. The Kier molecular flexibility index (Phi) is 6.99. The third-order valence-electron chi connectivity index (χ3n) is 3.40. The Balaban J connectivity index is 1.92. The van der Waals surface area contributed by atoms with Gasteiger partial charge in [-0.2, -0.15) is 5.10 Å². The van der Waals surface area contributed by atoms with Crippen molar-refractivity contribution in [2.45, 2.75) is 6.54 Å². The summed E-state index contributed by atoms with van der Waals surface area (Å²) in [6, 6.07) is 12.1. The lowest BCUT2D eigenvalue weighted by molar-refractivity contribution is -0.139. The molecule has 2 N–H and O–H groups in total. The normalized spacial score (nSPS) is 10.4. The van der Waals surface area contributed by atoms with Crippen molar-refractivity contribution in [1.82, 2.24) is 10.7 Å². The number of nitrogens with zero attached hydrogens (tertiary/aromatic N) is 1. The molecule has 0 saturated carbocycles. The van der Waals surface area contributed by atoms with E-state index in [0.717, 1.165) is 5.56 Å². The Hall–Kier alpha value is -3.06. The molecule has 0 aliphatic carbocycles. The van der Waals surface area contributed by atoms with Gasteiger partial charge < -0.3 is 14.8 Å². The van der Waals surface area contributed by atoms with Gasteiger partial charge >= 0.3 is 11.8 Å². The van der Waals surface area contributed by atoms with E-state index in [-0.39, 0.29) is 6.54 Å². The van der Waals surface area contributed by atoms with Gasteiger partial charge in [-0.25, -0.2) is 5.43 Å². The highest BCUT2D eigenvalue weighted by molar-refractivity contribution is 6.35. The molecule has 0 heterocycles.